The van der Waals surface area contributed by atoms with Crippen LogP contribution in [-0.2, 0) is 28.5 Å². The van der Waals surface area contributed by atoms with E-state index >= 15 is 0 Å². The number of H-pyrrole nitrogens is 1. The second-order valence-corrected chi connectivity index (χ2v) is 6.20. The lowest BCUT2D eigenvalue weighted by atomic mass is 9.99. The lowest BCUT2D eigenvalue weighted by molar-refractivity contribution is -0.144. The zero-order valence-corrected chi connectivity index (χ0v) is 13.6. The number of hydrogen-bond donors (Lipinski definition) is 3. The molecule has 9 nitrogen and oxygen atoms in total. The van der Waals surface area contributed by atoms with Gasteiger partial charge in [0.05, 0.1) is 23.8 Å². The molecule has 3 rings (SSSR count). The van der Waals surface area contributed by atoms with E-state index in [4.69, 9.17) is 5.21 Å². The van der Waals surface area contributed by atoms with Gasteiger partial charge >= 0.3 is 0 Å². The Balaban J connectivity index is 1.82. The number of aromatic nitrogens is 4. The number of carbonyl (C=O) groups excluding carboxylic acids is 2. The van der Waals surface area contributed by atoms with Gasteiger partial charge in [0.1, 0.15) is 6.04 Å². The molecule has 0 spiro atoms. The second kappa shape index (κ2) is 6.08. The Morgan fingerprint density at radius 2 is 2.29 bits per heavy atom. The molecule has 1 saturated carbocycles. The van der Waals surface area contributed by atoms with E-state index in [1.165, 1.54) is 11.2 Å². The maximum atomic E-state index is 13.0. The predicted molar refractivity (Wildman–Crippen MR) is 82.9 cm³/mol. The summed E-state index contributed by atoms with van der Waals surface area (Å²) in [7, 11) is 3.42. The van der Waals surface area contributed by atoms with Gasteiger partial charge in [-0.25, -0.2) is 15.4 Å². The fraction of sp³-hybridized carbons (Fsp3) is 0.467. The van der Waals surface area contributed by atoms with Gasteiger partial charge in [0.25, 0.3) is 5.91 Å². The highest BCUT2D eigenvalue weighted by molar-refractivity contribution is 5.94. The quantitative estimate of drug-likeness (QED) is 0.498. The minimum absolute atomic E-state index is 0.172. The molecule has 0 bridgehead atoms. The van der Waals surface area contributed by atoms with Gasteiger partial charge in [0.15, 0.2) is 0 Å². The minimum Gasteiger partial charge on any atom is -0.348 e. The fourth-order valence-electron chi connectivity index (χ4n) is 2.93. The lowest BCUT2D eigenvalue weighted by Crippen LogP contribution is -2.51. The number of aryl methyl sites for hydroxylation is 1. The first kappa shape index (κ1) is 16.2. The molecule has 24 heavy (non-hydrogen) atoms. The summed E-state index contributed by atoms with van der Waals surface area (Å²) in [6.45, 7) is 0. The Morgan fingerprint density at radius 3 is 2.79 bits per heavy atom. The van der Waals surface area contributed by atoms with Crippen LogP contribution in [0.4, 0.5) is 0 Å². The monoisotopic (exact) mass is 332 g/mol. The molecule has 2 aromatic heterocycles. The third kappa shape index (κ3) is 2.78. The number of carbonyl (C=O) groups is 2. The van der Waals surface area contributed by atoms with Gasteiger partial charge in [-0.1, -0.05) is 0 Å². The average Bonchev–Trinajstić information content (AvgIpc) is 3.00. The van der Waals surface area contributed by atoms with Gasteiger partial charge < -0.3 is 14.5 Å². The number of amides is 2. The van der Waals surface area contributed by atoms with Crippen molar-refractivity contribution >= 4 is 11.8 Å². The molecular formula is C15H20N6O3. The Hall–Kier alpha value is -2.68. The Kier molecular flexibility index (Phi) is 4.10. The van der Waals surface area contributed by atoms with E-state index in [9.17, 15) is 9.59 Å². The third-order valence-corrected chi connectivity index (χ3v) is 4.52. The summed E-state index contributed by atoms with van der Waals surface area (Å²) in [5.41, 5.74) is 2.39. The Bertz CT molecular complexity index is 734. The molecule has 9 heteroatoms. The molecule has 0 aliphatic heterocycles. The van der Waals surface area contributed by atoms with E-state index in [0.29, 0.717) is 24.2 Å². The average molecular weight is 332 g/mol. The van der Waals surface area contributed by atoms with Crippen molar-refractivity contribution in [3.05, 3.63) is 36.4 Å². The smallest absolute Gasteiger partial charge is 0.266 e. The summed E-state index contributed by atoms with van der Waals surface area (Å²) < 4.78 is 1.80. The van der Waals surface area contributed by atoms with Crippen LogP contribution in [0.15, 0.2) is 25.0 Å². The second-order valence-electron chi connectivity index (χ2n) is 6.20. The number of aromatic amines is 1. The van der Waals surface area contributed by atoms with E-state index < -0.39 is 17.4 Å². The normalized spacial score (nSPS) is 16.5. The molecular weight excluding hydrogens is 312 g/mol. The van der Waals surface area contributed by atoms with Gasteiger partial charge in [0.2, 0.25) is 5.91 Å². The number of hydroxylamine groups is 1. The number of nitrogens with one attached hydrogen (secondary N) is 2. The summed E-state index contributed by atoms with van der Waals surface area (Å²) in [6, 6.07) is -0.843. The first-order valence-electron chi connectivity index (χ1n) is 7.65. The number of likely N-dealkylation sites (N-methyl/N-ethyl adjacent to an activating group) is 1. The van der Waals surface area contributed by atoms with Crippen molar-refractivity contribution in [3.8, 4) is 0 Å². The van der Waals surface area contributed by atoms with Crippen molar-refractivity contribution in [2.45, 2.75) is 30.7 Å². The molecule has 2 aromatic rings. The van der Waals surface area contributed by atoms with E-state index in [0.717, 1.165) is 0 Å². The minimum atomic E-state index is -0.843. The van der Waals surface area contributed by atoms with Crippen LogP contribution in [0, 0.1) is 0 Å². The van der Waals surface area contributed by atoms with E-state index in [1.54, 1.807) is 29.6 Å². The topological polar surface area (TPSA) is 116 Å². The zero-order chi connectivity index (χ0) is 17.3. The summed E-state index contributed by atoms with van der Waals surface area (Å²) in [5, 5.41) is 9.02. The SMILES string of the molecule is CN(C(=O)C1(c2cn(C)cn2)CC1)[C@H](Cc1cnc[nH]1)C(=O)NO. The molecule has 0 aromatic carbocycles. The molecule has 128 valence electrons. The van der Waals surface area contributed by atoms with Gasteiger partial charge in [0, 0.05) is 38.6 Å². The van der Waals surface area contributed by atoms with Crippen LogP contribution in [0.2, 0.25) is 0 Å². The molecule has 3 N–H and O–H groups in total. The first-order valence-corrected chi connectivity index (χ1v) is 7.65. The molecule has 2 amide bonds. The van der Waals surface area contributed by atoms with Crippen LogP contribution in [0.5, 0.6) is 0 Å². The van der Waals surface area contributed by atoms with Crippen LogP contribution < -0.4 is 5.48 Å². The first-order chi connectivity index (χ1) is 11.5. The highest BCUT2D eigenvalue weighted by atomic mass is 16.5. The van der Waals surface area contributed by atoms with E-state index in [-0.39, 0.29) is 12.3 Å². The molecule has 1 aliphatic carbocycles. The maximum Gasteiger partial charge on any atom is 0.266 e. The zero-order valence-electron chi connectivity index (χ0n) is 13.6. The largest absolute Gasteiger partial charge is 0.348 e. The van der Waals surface area contributed by atoms with Crippen molar-refractivity contribution in [2.75, 3.05) is 7.05 Å². The van der Waals surface area contributed by atoms with E-state index in [2.05, 4.69) is 15.0 Å². The van der Waals surface area contributed by atoms with Crippen LogP contribution in [0.25, 0.3) is 0 Å². The molecule has 0 unspecified atom stereocenters. The highest BCUT2D eigenvalue weighted by Gasteiger charge is 2.55. The number of imidazole rings is 2. The number of nitrogens with zero attached hydrogens (tertiary/aromatic N) is 4. The van der Waals surface area contributed by atoms with Crippen molar-refractivity contribution < 1.29 is 14.8 Å². The molecule has 1 aliphatic rings. The van der Waals surface area contributed by atoms with Gasteiger partial charge in [-0.15, -0.1) is 0 Å². The fourth-order valence-corrected chi connectivity index (χ4v) is 2.93. The van der Waals surface area contributed by atoms with Crippen molar-refractivity contribution in [3.63, 3.8) is 0 Å². The predicted octanol–water partition coefficient (Wildman–Crippen LogP) is -0.250. The van der Waals surface area contributed by atoms with Crippen LogP contribution >= 0.6 is 0 Å². The molecule has 2 heterocycles. The van der Waals surface area contributed by atoms with Gasteiger partial charge in [-0.2, -0.15) is 0 Å². The van der Waals surface area contributed by atoms with Crippen LogP contribution in [-0.4, -0.2) is 54.5 Å². The third-order valence-electron chi connectivity index (χ3n) is 4.52. The highest BCUT2D eigenvalue weighted by Crippen LogP contribution is 2.49. The standard InChI is InChI=1S/C15H20N6O3/c1-20-7-12(18-9-20)15(3-4-15)14(23)21(2)11(13(22)19-24)5-10-6-16-8-17-10/h6-9,11,24H,3-5H2,1-2H3,(H,16,17)(H,19,22)/t11-/m1/s1. The summed E-state index contributed by atoms with van der Waals surface area (Å²) in [4.78, 5) is 37.6. The Morgan fingerprint density at radius 1 is 1.54 bits per heavy atom. The van der Waals surface area contributed by atoms with Crippen LogP contribution in [0.1, 0.15) is 24.2 Å². The summed E-state index contributed by atoms with van der Waals surface area (Å²) >= 11 is 0. The van der Waals surface area contributed by atoms with E-state index in [1.807, 2.05) is 13.2 Å². The lowest BCUT2D eigenvalue weighted by Gasteiger charge is -2.29. The van der Waals surface area contributed by atoms with Crippen molar-refractivity contribution in [1.29, 1.82) is 0 Å². The van der Waals surface area contributed by atoms with Gasteiger partial charge in [-0.3, -0.25) is 14.8 Å². The summed E-state index contributed by atoms with van der Waals surface area (Å²) in [6.07, 6.45) is 8.20. The number of hydrogen-bond acceptors (Lipinski definition) is 5. The molecule has 0 radical (unpaired) electrons. The molecule has 0 saturated heterocycles. The molecule has 1 atom stereocenters. The van der Waals surface area contributed by atoms with Crippen molar-refractivity contribution in [2.24, 2.45) is 7.05 Å². The van der Waals surface area contributed by atoms with Crippen molar-refractivity contribution in [1.82, 2.24) is 29.9 Å². The molecule has 1 fully saturated rings. The Labute approximate surface area is 138 Å². The van der Waals surface area contributed by atoms with Gasteiger partial charge in [-0.05, 0) is 12.8 Å². The summed E-state index contributed by atoms with van der Waals surface area (Å²) in [5.74, 6) is -0.813. The van der Waals surface area contributed by atoms with Crippen LogP contribution in [0.3, 0.4) is 0 Å². The number of rotatable bonds is 6. The maximum absolute atomic E-state index is 13.0.